The molecule has 0 saturated carbocycles. The monoisotopic (exact) mass is 306 g/mol. The number of pyridine rings is 1. The molecule has 1 aromatic heterocycles. The fourth-order valence-electron chi connectivity index (χ4n) is 2.41. The molecule has 0 spiro atoms. The van der Waals surface area contributed by atoms with Gasteiger partial charge in [-0.1, -0.05) is 17.9 Å². The summed E-state index contributed by atoms with van der Waals surface area (Å²) in [7, 11) is 1.97. The first kappa shape index (κ1) is 14.7. The molecule has 23 heavy (non-hydrogen) atoms. The number of nitrogens with zero attached hydrogens (tertiary/aromatic N) is 2. The molecule has 5 heteroatoms. The molecule has 0 aliphatic carbocycles. The van der Waals surface area contributed by atoms with Crippen LogP contribution in [0.4, 0.5) is 5.69 Å². The van der Waals surface area contributed by atoms with E-state index in [4.69, 9.17) is 5.11 Å². The first-order valence-electron chi connectivity index (χ1n) is 7.02. The third-order valence-corrected chi connectivity index (χ3v) is 3.62. The maximum absolute atomic E-state index is 11.7. The van der Waals surface area contributed by atoms with Gasteiger partial charge in [-0.15, -0.1) is 0 Å². The largest absolute Gasteiger partial charge is 0.872 e. The van der Waals surface area contributed by atoms with Crippen molar-refractivity contribution in [3.8, 4) is 5.75 Å². The molecule has 0 unspecified atom stereocenters. The van der Waals surface area contributed by atoms with Crippen LogP contribution in [0.5, 0.6) is 5.75 Å². The van der Waals surface area contributed by atoms with Gasteiger partial charge in [-0.25, -0.2) is 9.36 Å². The Kier molecular flexibility index (Phi) is 3.76. The van der Waals surface area contributed by atoms with Crippen LogP contribution in [0.25, 0.3) is 10.9 Å². The number of aliphatic imine (C=N–C) groups is 1. The lowest BCUT2D eigenvalue weighted by Crippen LogP contribution is -2.28. The summed E-state index contributed by atoms with van der Waals surface area (Å²) in [6.45, 7) is 0. The van der Waals surface area contributed by atoms with Crippen LogP contribution >= 0.6 is 0 Å². The Balaban J connectivity index is 1.99. The number of benzene rings is 2. The minimum absolute atomic E-state index is 0.249. The summed E-state index contributed by atoms with van der Waals surface area (Å²) in [6, 6.07) is 13.9. The van der Waals surface area contributed by atoms with Crippen LogP contribution in [0.3, 0.4) is 0 Å². The van der Waals surface area contributed by atoms with Gasteiger partial charge in [0.15, 0.2) is 6.20 Å². The van der Waals surface area contributed by atoms with Crippen molar-refractivity contribution in [2.75, 3.05) is 0 Å². The van der Waals surface area contributed by atoms with E-state index in [1.807, 2.05) is 48.1 Å². The van der Waals surface area contributed by atoms with Crippen LogP contribution in [0.1, 0.15) is 15.9 Å². The first-order valence-corrected chi connectivity index (χ1v) is 7.02. The number of aromatic nitrogens is 1. The molecule has 0 saturated heterocycles. The molecule has 1 N–H and O–H groups in total. The van der Waals surface area contributed by atoms with Gasteiger partial charge in [0.25, 0.3) is 0 Å². The predicted octanol–water partition coefficient (Wildman–Crippen LogP) is 2.19. The van der Waals surface area contributed by atoms with E-state index in [-0.39, 0.29) is 5.56 Å². The van der Waals surface area contributed by atoms with Gasteiger partial charge in [0, 0.05) is 23.9 Å². The van der Waals surface area contributed by atoms with Gasteiger partial charge in [-0.05, 0) is 24.3 Å². The predicted molar refractivity (Wildman–Crippen MR) is 85.2 cm³/mol. The fourth-order valence-corrected chi connectivity index (χ4v) is 2.41. The molecule has 0 fully saturated rings. The highest BCUT2D eigenvalue weighted by Crippen LogP contribution is 2.22. The number of rotatable bonds is 3. The zero-order valence-corrected chi connectivity index (χ0v) is 12.4. The van der Waals surface area contributed by atoms with Crippen molar-refractivity contribution in [2.24, 2.45) is 12.0 Å². The highest BCUT2D eigenvalue weighted by molar-refractivity contribution is 5.98. The van der Waals surface area contributed by atoms with E-state index in [0.29, 0.717) is 5.69 Å². The molecular weight excluding hydrogens is 292 g/mol. The number of hydrogen-bond donors (Lipinski definition) is 1. The van der Waals surface area contributed by atoms with Crippen molar-refractivity contribution in [1.29, 1.82) is 0 Å². The lowest BCUT2D eigenvalue weighted by molar-refractivity contribution is -0.644. The van der Waals surface area contributed by atoms with Crippen LogP contribution in [0, 0.1) is 0 Å². The topological polar surface area (TPSA) is 76.6 Å². The highest BCUT2D eigenvalue weighted by Gasteiger charge is 2.07. The number of aryl methyl sites for hydroxylation is 1. The molecule has 114 valence electrons. The zero-order valence-electron chi connectivity index (χ0n) is 12.4. The van der Waals surface area contributed by atoms with Gasteiger partial charge in [0.2, 0.25) is 5.52 Å². The number of hydrogen-bond acceptors (Lipinski definition) is 3. The number of carboxylic acids is 1. The summed E-state index contributed by atoms with van der Waals surface area (Å²) in [4.78, 5) is 15.1. The minimum atomic E-state index is -1.23. The Morgan fingerprint density at radius 3 is 2.74 bits per heavy atom. The van der Waals surface area contributed by atoms with E-state index in [9.17, 15) is 9.90 Å². The smallest absolute Gasteiger partial charge is 0.335 e. The Morgan fingerprint density at radius 1 is 1.22 bits per heavy atom. The number of fused-ring (bicyclic) bond motifs is 1. The normalized spacial score (nSPS) is 11.2. The molecule has 0 atom stereocenters. The second-order valence-electron chi connectivity index (χ2n) is 5.14. The van der Waals surface area contributed by atoms with E-state index in [2.05, 4.69) is 4.99 Å². The van der Waals surface area contributed by atoms with Crippen LogP contribution in [0.15, 0.2) is 59.7 Å². The van der Waals surface area contributed by atoms with E-state index < -0.39 is 11.7 Å². The maximum atomic E-state index is 11.7. The van der Waals surface area contributed by atoms with Crippen LogP contribution < -0.4 is 9.67 Å². The minimum Gasteiger partial charge on any atom is -0.872 e. The van der Waals surface area contributed by atoms with Crippen molar-refractivity contribution in [3.05, 3.63) is 65.9 Å². The summed E-state index contributed by atoms with van der Waals surface area (Å²) in [5, 5.41) is 21.6. The second-order valence-corrected chi connectivity index (χ2v) is 5.14. The van der Waals surface area contributed by atoms with E-state index in [0.717, 1.165) is 16.5 Å². The molecule has 3 aromatic rings. The van der Waals surface area contributed by atoms with Crippen molar-refractivity contribution in [3.63, 3.8) is 0 Å². The van der Waals surface area contributed by atoms with Gasteiger partial charge in [0.05, 0.1) is 16.6 Å². The molecule has 5 nitrogen and oxygen atoms in total. The van der Waals surface area contributed by atoms with Gasteiger partial charge in [-0.2, -0.15) is 0 Å². The summed E-state index contributed by atoms with van der Waals surface area (Å²) >= 11 is 0. The second kappa shape index (κ2) is 5.88. The van der Waals surface area contributed by atoms with Crippen molar-refractivity contribution < 1.29 is 19.6 Å². The summed E-state index contributed by atoms with van der Waals surface area (Å²) < 4.78 is 2.02. The van der Waals surface area contributed by atoms with E-state index in [1.165, 1.54) is 18.2 Å². The number of carbonyl (C=O) groups is 1. The van der Waals surface area contributed by atoms with Crippen LogP contribution in [-0.2, 0) is 7.05 Å². The summed E-state index contributed by atoms with van der Waals surface area (Å²) in [5.74, 6) is -1.77. The van der Waals surface area contributed by atoms with Gasteiger partial charge in [0.1, 0.15) is 7.05 Å². The van der Waals surface area contributed by atoms with E-state index in [1.54, 1.807) is 6.21 Å². The van der Waals surface area contributed by atoms with Gasteiger partial charge >= 0.3 is 5.97 Å². The average molecular weight is 306 g/mol. The molecular formula is C18H14N2O3. The SMILES string of the molecule is C[n+]1ccc(C=Nc2ccc(C(=O)O)c([O-])c2)c2ccccc21. The fraction of sp³-hybridized carbons (Fsp3) is 0.0556. The van der Waals surface area contributed by atoms with Gasteiger partial charge in [-0.3, -0.25) is 4.99 Å². The zero-order chi connectivity index (χ0) is 16.4. The number of carboxylic acid groups (broad SMARTS) is 1. The standard InChI is InChI=1S/C18H14N2O3/c1-20-9-8-12(14-4-2-3-5-16(14)20)11-19-13-6-7-15(18(22)23)17(21)10-13/h2-11H,1H3,(H-,21,22,23). The molecule has 0 aliphatic heterocycles. The average Bonchev–Trinajstić information content (AvgIpc) is 2.54. The quantitative estimate of drug-likeness (QED) is 0.595. The highest BCUT2D eigenvalue weighted by atomic mass is 16.4. The summed E-state index contributed by atoms with van der Waals surface area (Å²) in [5.41, 5.74) is 2.18. The van der Waals surface area contributed by atoms with Crippen molar-refractivity contribution >= 4 is 28.8 Å². The molecule has 0 bridgehead atoms. The number of para-hydroxylation sites is 1. The Morgan fingerprint density at radius 2 is 2.00 bits per heavy atom. The molecule has 0 amide bonds. The van der Waals surface area contributed by atoms with Crippen LogP contribution in [0.2, 0.25) is 0 Å². The van der Waals surface area contributed by atoms with Crippen molar-refractivity contribution in [2.45, 2.75) is 0 Å². The molecule has 1 heterocycles. The maximum Gasteiger partial charge on any atom is 0.335 e. The third kappa shape index (κ3) is 2.89. The van der Waals surface area contributed by atoms with Gasteiger partial charge < -0.3 is 10.2 Å². The number of aromatic carboxylic acids is 1. The van der Waals surface area contributed by atoms with Crippen molar-refractivity contribution in [1.82, 2.24) is 0 Å². The molecule has 2 aromatic carbocycles. The molecule has 0 radical (unpaired) electrons. The summed E-state index contributed by atoms with van der Waals surface area (Å²) in [6.07, 6.45) is 3.62. The molecule has 0 aliphatic rings. The van der Waals surface area contributed by atoms with Crippen LogP contribution in [-0.4, -0.2) is 17.3 Å². The van der Waals surface area contributed by atoms with E-state index >= 15 is 0 Å². The molecule has 3 rings (SSSR count). The first-order chi connectivity index (χ1) is 11.1. The lowest BCUT2D eigenvalue weighted by Gasteiger charge is -2.09. The Labute approximate surface area is 132 Å². The Hall–Kier alpha value is -3.21. The third-order valence-electron chi connectivity index (χ3n) is 3.62. The lowest BCUT2D eigenvalue weighted by atomic mass is 10.1. The Bertz CT molecular complexity index is 933.